The van der Waals surface area contributed by atoms with Crippen LogP contribution in [0.4, 0.5) is 5.69 Å². The van der Waals surface area contributed by atoms with E-state index in [2.05, 4.69) is 25.2 Å². The van der Waals surface area contributed by atoms with Crippen LogP contribution in [0.25, 0.3) is 5.69 Å². The summed E-state index contributed by atoms with van der Waals surface area (Å²) in [7, 11) is 0. The summed E-state index contributed by atoms with van der Waals surface area (Å²) in [6, 6.07) is 7.51. The summed E-state index contributed by atoms with van der Waals surface area (Å²) in [4.78, 5) is 16.5. The number of anilines is 1. The summed E-state index contributed by atoms with van der Waals surface area (Å²) in [5.74, 6) is -0.328. The summed E-state index contributed by atoms with van der Waals surface area (Å²) in [5.41, 5.74) is 4.51. The van der Waals surface area contributed by atoms with Crippen molar-refractivity contribution in [1.29, 1.82) is 0 Å². The van der Waals surface area contributed by atoms with Gasteiger partial charge in [-0.2, -0.15) is 0 Å². The zero-order valence-electron chi connectivity index (χ0n) is 13.2. The van der Waals surface area contributed by atoms with E-state index in [4.69, 9.17) is 0 Å². The smallest absolute Gasteiger partial charge is 0.279 e. The average molecular weight is 311 g/mol. The minimum atomic E-state index is -0.328. The lowest BCUT2D eigenvalue weighted by molar-refractivity contribution is 0.101. The van der Waals surface area contributed by atoms with E-state index < -0.39 is 0 Å². The van der Waals surface area contributed by atoms with Gasteiger partial charge in [-0.3, -0.25) is 4.79 Å². The fourth-order valence-electron chi connectivity index (χ4n) is 2.27. The Hall–Kier alpha value is -2.96. The maximum absolute atomic E-state index is 12.2. The molecule has 2 heterocycles. The molecule has 3 rings (SSSR count). The Labute approximate surface area is 133 Å². The minimum absolute atomic E-state index is 0.220. The van der Waals surface area contributed by atoms with Gasteiger partial charge in [0.05, 0.1) is 12.0 Å². The predicted octanol–water partition coefficient (Wildman–Crippen LogP) is 2.69. The van der Waals surface area contributed by atoms with Crippen molar-refractivity contribution in [1.82, 2.24) is 19.9 Å². The number of hydrogen-bond acceptors (Lipinski definition) is 5. The lowest BCUT2D eigenvalue weighted by Gasteiger charge is -2.08. The molecule has 118 valence electrons. The van der Waals surface area contributed by atoms with Gasteiger partial charge in [-0.05, 0) is 49.7 Å². The normalized spacial score (nSPS) is 10.7. The summed E-state index contributed by atoms with van der Waals surface area (Å²) in [5, 5.41) is 10.1. The SMILES string of the molecule is CCc1nonc1C(=O)Nc1ccc(-n2cnc(C)c2C)cc1. The average Bonchev–Trinajstić information content (AvgIpc) is 3.16. The summed E-state index contributed by atoms with van der Waals surface area (Å²) in [6.45, 7) is 5.88. The molecule has 1 N–H and O–H groups in total. The van der Waals surface area contributed by atoms with Gasteiger partial charge in [0, 0.05) is 17.1 Å². The Morgan fingerprint density at radius 3 is 2.57 bits per heavy atom. The second-order valence-electron chi connectivity index (χ2n) is 5.20. The van der Waals surface area contributed by atoms with Crippen LogP contribution in [-0.2, 0) is 6.42 Å². The topological polar surface area (TPSA) is 85.8 Å². The van der Waals surface area contributed by atoms with Gasteiger partial charge in [0.1, 0.15) is 5.69 Å². The Morgan fingerprint density at radius 2 is 1.96 bits per heavy atom. The molecule has 0 fully saturated rings. The fraction of sp³-hybridized carbons (Fsp3) is 0.250. The minimum Gasteiger partial charge on any atom is -0.320 e. The highest BCUT2D eigenvalue weighted by Crippen LogP contribution is 2.17. The van der Waals surface area contributed by atoms with Crippen molar-refractivity contribution >= 4 is 11.6 Å². The Morgan fingerprint density at radius 1 is 1.22 bits per heavy atom. The van der Waals surface area contributed by atoms with Crippen molar-refractivity contribution in [2.75, 3.05) is 5.32 Å². The number of carbonyl (C=O) groups is 1. The second-order valence-corrected chi connectivity index (χ2v) is 5.20. The molecule has 0 aliphatic rings. The zero-order chi connectivity index (χ0) is 16.4. The quantitative estimate of drug-likeness (QED) is 0.800. The van der Waals surface area contributed by atoms with Gasteiger partial charge in [-0.25, -0.2) is 9.61 Å². The molecule has 0 radical (unpaired) electrons. The molecule has 2 aromatic heterocycles. The molecule has 0 aliphatic heterocycles. The van der Waals surface area contributed by atoms with Gasteiger partial charge in [0.25, 0.3) is 5.91 Å². The van der Waals surface area contributed by atoms with Crippen LogP contribution in [0, 0.1) is 13.8 Å². The monoisotopic (exact) mass is 311 g/mol. The van der Waals surface area contributed by atoms with E-state index in [-0.39, 0.29) is 11.6 Å². The highest BCUT2D eigenvalue weighted by Gasteiger charge is 2.17. The molecule has 0 aliphatic carbocycles. The van der Waals surface area contributed by atoms with Crippen molar-refractivity contribution in [3.05, 3.63) is 53.4 Å². The van der Waals surface area contributed by atoms with Crippen LogP contribution < -0.4 is 5.32 Å². The van der Waals surface area contributed by atoms with Crippen molar-refractivity contribution in [2.24, 2.45) is 0 Å². The molecule has 0 atom stereocenters. The third kappa shape index (κ3) is 2.85. The van der Waals surface area contributed by atoms with Gasteiger partial charge in [0.15, 0.2) is 5.69 Å². The number of imidazole rings is 1. The van der Waals surface area contributed by atoms with Gasteiger partial charge >= 0.3 is 0 Å². The first kappa shape index (κ1) is 15.0. The van der Waals surface area contributed by atoms with Crippen LogP contribution in [0.2, 0.25) is 0 Å². The molecule has 1 amide bonds. The fourth-order valence-corrected chi connectivity index (χ4v) is 2.27. The summed E-state index contributed by atoms with van der Waals surface area (Å²) < 4.78 is 6.61. The number of aromatic nitrogens is 4. The van der Waals surface area contributed by atoms with E-state index in [0.29, 0.717) is 17.8 Å². The molecular weight excluding hydrogens is 294 g/mol. The molecule has 7 nitrogen and oxygen atoms in total. The molecule has 0 bridgehead atoms. The standard InChI is InChI=1S/C16H17N5O2/c1-4-14-15(20-23-19-14)16(22)18-12-5-7-13(8-6-12)21-9-17-10(2)11(21)3/h5-9H,4H2,1-3H3,(H,18,22). The van der Waals surface area contributed by atoms with E-state index in [1.54, 1.807) is 6.33 Å². The third-order valence-corrected chi connectivity index (χ3v) is 3.76. The van der Waals surface area contributed by atoms with Gasteiger partial charge < -0.3 is 9.88 Å². The molecule has 3 aromatic rings. The van der Waals surface area contributed by atoms with Crippen LogP contribution >= 0.6 is 0 Å². The third-order valence-electron chi connectivity index (χ3n) is 3.76. The largest absolute Gasteiger partial charge is 0.320 e. The van der Waals surface area contributed by atoms with E-state index >= 15 is 0 Å². The maximum atomic E-state index is 12.2. The lowest BCUT2D eigenvalue weighted by atomic mass is 10.2. The van der Waals surface area contributed by atoms with Crippen molar-refractivity contribution < 1.29 is 9.42 Å². The first-order chi connectivity index (χ1) is 11.1. The highest BCUT2D eigenvalue weighted by molar-refractivity contribution is 6.03. The Balaban J connectivity index is 1.78. The molecule has 7 heteroatoms. The molecule has 0 unspecified atom stereocenters. The van der Waals surface area contributed by atoms with Crippen LogP contribution in [0.5, 0.6) is 0 Å². The Bertz CT molecular complexity index is 833. The zero-order valence-corrected chi connectivity index (χ0v) is 13.2. The first-order valence-electron chi connectivity index (χ1n) is 7.34. The van der Waals surface area contributed by atoms with Crippen molar-refractivity contribution in [3.8, 4) is 5.69 Å². The number of nitrogens with one attached hydrogen (secondary N) is 1. The molecule has 0 spiro atoms. The number of hydrogen-bond donors (Lipinski definition) is 1. The highest BCUT2D eigenvalue weighted by atomic mass is 16.6. The van der Waals surface area contributed by atoms with Crippen LogP contribution in [0.3, 0.4) is 0 Å². The number of benzene rings is 1. The maximum Gasteiger partial charge on any atom is 0.279 e. The van der Waals surface area contributed by atoms with E-state index in [9.17, 15) is 4.79 Å². The number of carbonyl (C=O) groups excluding carboxylic acids is 1. The van der Waals surface area contributed by atoms with Gasteiger partial charge in [-0.15, -0.1) is 0 Å². The van der Waals surface area contributed by atoms with Gasteiger partial charge in [-0.1, -0.05) is 12.1 Å². The first-order valence-corrected chi connectivity index (χ1v) is 7.34. The van der Waals surface area contributed by atoms with Crippen molar-refractivity contribution in [3.63, 3.8) is 0 Å². The number of rotatable bonds is 4. The molecule has 1 aromatic carbocycles. The second kappa shape index (κ2) is 6.04. The van der Waals surface area contributed by atoms with E-state index in [1.807, 2.05) is 49.6 Å². The van der Waals surface area contributed by atoms with Crippen molar-refractivity contribution in [2.45, 2.75) is 27.2 Å². The molecule has 0 saturated heterocycles. The molecule has 0 saturated carbocycles. The van der Waals surface area contributed by atoms with Crippen LogP contribution in [0.1, 0.15) is 34.5 Å². The molecule has 23 heavy (non-hydrogen) atoms. The van der Waals surface area contributed by atoms with Crippen LogP contribution in [-0.4, -0.2) is 25.8 Å². The number of aryl methyl sites for hydroxylation is 2. The van der Waals surface area contributed by atoms with Crippen LogP contribution in [0.15, 0.2) is 35.2 Å². The molecular formula is C16H17N5O2. The number of nitrogens with zero attached hydrogens (tertiary/aromatic N) is 4. The number of amides is 1. The van der Waals surface area contributed by atoms with E-state index in [1.165, 1.54) is 0 Å². The lowest BCUT2D eigenvalue weighted by Crippen LogP contribution is -2.14. The predicted molar refractivity (Wildman–Crippen MR) is 84.7 cm³/mol. The Kier molecular flexibility index (Phi) is 3.92. The van der Waals surface area contributed by atoms with Gasteiger partial charge in [0.2, 0.25) is 0 Å². The summed E-state index contributed by atoms with van der Waals surface area (Å²) in [6.07, 6.45) is 2.37. The van der Waals surface area contributed by atoms with E-state index in [0.717, 1.165) is 17.1 Å². The summed E-state index contributed by atoms with van der Waals surface area (Å²) >= 11 is 0.